The molecule has 31 heteroatoms. The molecule has 84 heavy (non-hydrogen) atoms. The number of carbonyl (C=O) groups is 1. The number of anilines is 4. The lowest BCUT2D eigenvalue weighted by Gasteiger charge is -2.09. The summed E-state index contributed by atoms with van der Waals surface area (Å²) >= 11 is 23.6. The highest BCUT2D eigenvalue weighted by molar-refractivity contribution is 6.29. The molecule has 0 aromatic carbocycles. The first kappa shape index (κ1) is 59.7. The number of nitrogens with zero attached hydrogens (tertiary/aromatic N) is 10. The normalized spacial score (nSPS) is 11.3. The third-order valence-electron chi connectivity index (χ3n) is 12.1. The maximum Gasteiger partial charge on any atom is 0.390 e. The van der Waals surface area contributed by atoms with Crippen LogP contribution in [0.15, 0.2) is 122 Å². The number of fused-ring (bicyclic) bond motifs is 4. The Morgan fingerprint density at radius 2 is 1.06 bits per heavy atom. The number of carbonyl (C=O) groups excluding carboxylic acids is 1. The SMILES string of the molecule is CNC(=O)Cn1ccc2c(NCc3ccco3)nc(Cl)nc21.COCc1c[nH]c2nc(Cl)nc(NCc3ccco3)c12.Cc1[nH]c2nc(Cl)nc(NCc3ccco3)c2c1F.FC(F)(F)CCn1ccc2c(NCc3ccco3)nc(Cl)nc21. The molecule has 438 valence electrons. The number of halogens is 8. The predicted octanol–water partition coefficient (Wildman–Crippen LogP) is 12.5. The van der Waals surface area contributed by atoms with Crippen LogP contribution in [0.4, 0.5) is 40.8 Å². The monoisotopic (exact) mass is 1240 g/mol. The van der Waals surface area contributed by atoms with Gasteiger partial charge in [-0.3, -0.25) is 4.79 Å². The number of aryl methyl sites for hydroxylation is 2. The Morgan fingerprint density at radius 1 is 0.619 bits per heavy atom. The highest BCUT2D eigenvalue weighted by Crippen LogP contribution is 2.30. The van der Waals surface area contributed by atoms with Crippen LogP contribution in [0.1, 0.15) is 40.7 Å². The zero-order valence-electron chi connectivity index (χ0n) is 44.4. The van der Waals surface area contributed by atoms with Gasteiger partial charge in [0.1, 0.15) is 75.4 Å². The minimum Gasteiger partial charge on any atom is -0.467 e. The second-order valence-electron chi connectivity index (χ2n) is 17.8. The summed E-state index contributed by atoms with van der Waals surface area (Å²) < 4.78 is 80.4. The summed E-state index contributed by atoms with van der Waals surface area (Å²) in [4.78, 5) is 50.3. The molecule has 0 fully saturated rings. The number of rotatable bonds is 18. The number of amides is 1. The number of methoxy groups -OCH3 is 1. The van der Waals surface area contributed by atoms with Crippen LogP contribution < -0.4 is 26.6 Å². The van der Waals surface area contributed by atoms with E-state index in [1.807, 2.05) is 42.6 Å². The van der Waals surface area contributed by atoms with Crippen LogP contribution in [0.25, 0.3) is 44.1 Å². The van der Waals surface area contributed by atoms with Crippen molar-refractivity contribution in [2.24, 2.45) is 0 Å². The summed E-state index contributed by atoms with van der Waals surface area (Å²) in [6, 6.07) is 18.1. The lowest BCUT2D eigenvalue weighted by molar-refractivity contribution is -0.136. The molecule has 0 radical (unpaired) electrons. The van der Waals surface area contributed by atoms with Crippen molar-refractivity contribution in [2.45, 2.75) is 65.4 Å². The van der Waals surface area contributed by atoms with Gasteiger partial charge in [0.05, 0.1) is 91.5 Å². The van der Waals surface area contributed by atoms with Gasteiger partial charge in [0, 0.05) is 44.9 Å². The summed E-state index contributed by atoms with van der Waals surface area (Å²) in [5.41, 5.74) is 3.38. The van der Waals surface area contributed by atoms with Gasteiger partial charge in [0.25, 0.3) is 0 Å². The van der Waals surface area contributed by atoms with Crippen molar-refractivity contribution in [3.8, 4) is 0 Å². The van der Waals surface area contributed by atoms with Crippen LogP contribution in [0.3, 0.4) is 0 Å². The van der Waals surface area contributed by atoms with E-state index in [0.717, 1.165) is 33.6 Å². The van der Waals surface area contributed by atoms with Crippen LogP contribution in [-0.2, 0) is 55.4 Å². The number of ether oxygens (including phenoxy) is 1. The molecule has 12 aromatic rings. The third kappa shape index (κ3) is 15.4. The van der Waals surface area contributed by atoms with E-state index < -0.39 is 12.6 Å². The lowest BCUT2D eigenvalue weighted by atomic mass is 10.2. The van der Waals surface area contributed by atoms with Crippen LogP contribution in [0.5, 0.6) is 0 Å². The van der Waals surface area contributed by atoms with Gasteiger partial charge in [-0.2, -0.15) is 38.1 Å². The van der Waals surface area contributed by atoms with Gasteiger partial charge in [-0.1, -0.05) is 0 Å². The molecule has 0 aliphatic heterocycles. The Balaban J connectivity index is 0.000000135. The number of likely N-dealkylation sites (N-methyl/N-ethyl adjacent to an activating group) is 1. The molecular formula is C53H49Cl4F4N17O6. The Bertz CT molecular complexity index is 4080. The van der Waals surface area contributed by atoms with Gasteiger partial charge in [-0.05, 0) is 114 Å². The minimum absolute atomic E-state index is 0.0357. The minimum atomic E-state index is -4.23. The van der Waals surface area contributed by atoms with E-state index in [1.165, 1.54) is 4.57 Å². The van der Waals surface area contributed by atoms with E-state index in [0.29, 0.717) is 101 Å². The lowest BCUT2D eigenvalue weighted by Crippen LogP contribution is -2.23. The molecular weight excluding hydrogens is 1190 g/mol. The van der Waals surface area contributed by atoms with Gasteiger partial charge in [0.2, 0.25) is 27.0 Å². The molecule has 0 bridgehead atoms. The molecule has 7 N–H and O–H groups in total. The molecule has 23 nitrogen and oxygen atoms in total. The maximum absolute atomic E-state index is 14.0. The number of aromatic amines is 2. The van der Waals surface area contributed by atoms with Crippen LogP contribution >= 0.6 is 46.4 Å². The molecule has 1 amide bonds. The average molecular weight is 1240 g/mol. The molecule has 0 spiro atoms. The van der Waals surface area contributed by atoms with Crippen LogP contribution in [0.2, 0.25) is 21.1 Å². The highest BCUT2D eigenvalue weighted by atomic mass is 35.5. The first-order chi connectivity index (χ1) is 40.5. The zero-order chi connectivity index (χ0) is 59.3. The fourth-order valence-corrected chi connectivity index (χ4v) is 8.89. The number of furan rings is 4. The summed E-state index contributed by atoms with van der Waals surface area (Å²) in [7, 11) is 3.23. The first-order valence-electron chi connectivity index (χ1n) is 25.1. The van der Waals surface area contributed by atoms with E-state index in [2.05, 4.69) is 76.4 Å². The number of aromatic nitrogens is 12. The van der Waals surface area contributed by atoms with Gasteiger partial charge in [-0.15, -0.1) is 0 Å². The van der Waals surface area contributed by atoms with E-state index >= 15 is 0 Å². The fourth-order valence-electron chi connectivity index (χ4n) is 8.22. The molecule has 0 saturated carbocycles. The molecule has 0 saturated heterocycles. The van der Waals surface area contributed by atoms with Gasteiger partial charge in [-0.25, -0.2) is 19.3 Å². The predicted molar refractivity (Wildman–Crippen MR) is 307 cm³/mol. The number of alkyl halides is 3. The van der Waals surface area contributed by atoms with Gasteiger partial charge >= 0.3 is 6.18 Å². The maximum atomic E-state index is 14.0. The van der Waals surface area contributed by atoms with E-state index in [1.54, 1.807) is 87.4 Å². The Labute approximate surface area is 492 Å². The third-order valence-corrected chi connectivity index (χ3v) is 12.8. The Morgan fingerprint density at radius 3 is 1.52 bits per heavy atom. The molecule has 0 aliphatic rings. The number of hydrogen-bond acceptors (Lipinski definition) is 18. The van der Waals surface area contributed by atoms with Crippen molar-refractivity contribution >= 4 is 120 Å². The largest absolute Gasteiger partial charge is 0.467 e. The van der Waals surface area contributed by atoms with E-state index in [4.69, 9.17) is 68.8 Å². The van der Waals surface area contributed by atoms with E-state index in [-0.39, 0.29) is 45.9 Å². The second kappa shape index (κ2) is 27.5. The topological polar surface area (TPSA) is 284 Å². The Kier molecular flexibility index (Phi) is 19.5. The van der Waals surface area contributed by atoms with Gasteiger partial charge < -0.3 is 68.1 Å². The van der Waals surface area contributed by atoms with Crippen molar-refractivity contribution in [1.29, 1.82) is 0 Å². The van der Waals surface area contributed by atoms with Crippen LogP contribution in [-0.4, -0.2) is 85.2 Å². The average Bonchev–Trinajstić information content (AvgIpc) is 4.19. The summed E-state index contributed by atoms with van der Waals surface area (Å²) in [5, 5.41) is 17.9. The van der Waals surface area contributed by atoms with E-state index in [9.17, 15) is 22.4 Å². The second-order valence-corrected chi connectivity index (χ2v) is 19.2. The van der Waals surface area contributed by atoms with Crippen LogP contribution in [0, 0.1) is 12.7 Å². The zero-order valence-corrected chi connectivity index (χ0v) is 47.4. The number of nitrogens with one attached hydrogen (secondary N) is 7. The van der Waals surface area contributed by atoms with Crippen molar-refractivity contribution in [3.05, 3.63) is 166 Å². The number of hydrogen-bond donors (Lipinski definition) is 7. The summed E-state index contributed by atoms with van der Waals surface area (Å²) in [6.45, 7) is 3.82. The quantitative estimate of drug-likeness (QED) is 0.0310. The smallest absolute Gasteiger partial charge is 0.390 e. The van der Waals surface area contributed by atoms with Crippen molar-refractivity contribution in [3.63, 3.8) is 0 Å². The molecule has 12 heterocycles. The molecule has 0 atom stereocenters. The summed E-state index contributed by atoms with van der Waals surface area (Å²) in [5.74, 6) is 4.57. The van der Waals surface area contributed by atoms with Crippen molar-refractivity contribution in [2.75, 3.05) is 35.4 Å². The Hall–Kier alpha value is -8.89. The molecule has 0 aliphatic carbocycles. The number of H-pyrrole nitrogens is 2. The molecule has 12 aromatic heterocycles. The summed E-state index contributed by atoms with van der Waals surface area (Å²) in [6.07, 6.45) is 6.36. The molecule has 0 unspecified atom stereocenters. The standard InChI is InChI=1S/C14H12ClF3N4O.C14H14ClN5O2.C13H13ClN4O2.C12H10ClFN4O/c15-13-20-11(19-8-9-2-1-7-23-9)10-3-5-22(12(10)21-13)6-4-14(16,17)18;1-16-11(21)8-20-5-4-10-12(18-14(15)19-13(10)20)17-7-9-3-2-6-22-9;1-19-7-8-5-15-11-10(8)12(18-13(14)17-11)16-6-9-3-2-4-20-9;1-6-9(14)8-10(15-5-7-3-2-4-19-7)17-12(13)18-11(8)16-6/h1-3,5,7H,4,6,8H2,(H,19,20,21);2-6H,7-8H2,1H3,(H,16,21)(H,17,18,19);2-5H,6-7H2,1H3,(H2,15,16,17,18);2-4H,5H2,1H3,(H2,15,16,17,18). The van der Waals surface area contributed by atoms with Crippen molar-refractivity contribution < 1.29 is 44.8 Å². The fraction of sp³-hybridized carbons (Fsp3) is 0.226. The first-order valence-corrected chi connectivity index (χ1v) is 26.6. The van der Waals surface area contributed by atoms with Crippen molar-refractivity contribution in [1.82, 2.24) is 64.3 Å². The molecule has 12 rings (SSSR count). The van der Waals surface area contributed by atoms with Gasteiger partial charge in [0.15, 0.2) is 5.82 Å². The highest BCUT2D eigenvalue weighted by Gasteiger charge is 2.27.